The molecule has 2 aliphatic heterocycles. The number of hydrogen-bond donors (Lipinski definition) is 2. The lowest BCUT2D eigenvalue weighted by molar-refractivity contribution is -0.134. The van der Waals surface area contributed by atoms with Crippen molar-refractivity contribution in [3.63, 3.8) is 0 Å². The summed E-state index contributed by atoms with van der Waals surface area (Å²) in [6, 6.07) is 1.49. The molecule has 130 valence electrons. The Labute approximate surface area is 139 Å². The summed E-state index contributed by atoms with van der Waals surface area (Å²) < 4.78 is 0. The highest BCUT2D eigenvalue weighted by Gasteiger charge is 2.36. The van der Waals surface area contributed by atoms with Gasteiger partial charge in [0.15, 0.2) is 0 Å². The van der Waals surface area contributed by atoms with Gasteiger partial charge in [0.25, 0.3) is 0 Å². The summed E-state index contributed by atoms with van der Waals surface area (Å²) in [6.07, 6.45) is 11.3. The highest BCUT2D eigenvalue weighted by atomic mass is 16.2. The summed E-state index contributed by atoms with van der Waals surface area (Å²) in [6.45, 7) is 0.152. The molecule has 0 radical (unpaired) electrons. The van der Waals surface area contributed by atoms with Gasteiger partial charge >= 0.3 is 0 Å². The number of carbonyl (C=O) groups excluding carboxylic acids is 2. The molecule has 2 N–H and O–H groups in total. The minimum absolute atomic E-state index is 0.0315. The molecule has 5 heteroatoms. The number of hydrogen-bond acceptors (Lipinski definition) is 3. The van der Waals surface area contributed by atoms with Crippen molar-refractivity contribution in [3.8, 4) is 0 Å². The quantitative estimate of drug-likeness (QED) is 0.784. The molecule has 2 unspecified atom stereocenters. The predicted molar refractivity (Wildman–Crippen MR) is 89.9 cm³/mol. The molecule has 0 spiro atoms. The van der Waals surface area contributed by atoms with Crippen molar-refractivity contribution in [2.24, 2.45) is 5.92 Å². The monoisotopic (exact) mass is 321 g/mol. The van der Waals surface area contributed by atoms with Crippen LogP contribution < -0.4 is 10.6 Å². The molecule has 1 saturated carbocycles. The lowest BCUT2D eigenvalue weighted by Gasteiger charge is -2.35. The van der Waals surface area contributed by atoms with Crippen LogP contribution in [0.25, 0.3) is 0 Å². The minimum atomic E-state index is 0.0315. The van der Waals surface area contributed by atoms with Gasteiger partial charge in [-0.3, -0.25) is 9.59 Å². The number of carbonyl (C=O) groups is 2. The summed E-state index contributed by atoms with van der Waals surface area (Å²) >= 11 is 0. The minimum Gasteiger partial charge on any atom is -0.347 e. The maximum atomic E-state index is 12.3. The number of likely N-dealkylation sites (N-methyl/N-ethyl adjacent to an activating group) is 1. The standard InChI is InChI=1S/C18H31N3O2/c1-21(16-10-14-7-8-15(11-16)20-14)18(23)12-19-17(22)9-6-13-4-2-3-5-13/h13-16,20H,2-12H2,1H3,(H,19,22). The molecule has 2 saturated heterocycles. The lowest BCUT2D eigenvalue weighted by atomic mass is 9.98. The number of nitrogens with zero attached hydrogens (tertiary/aromatic N) is 1. The second-order valence-corrected chi connectivity index (χ2v) is 7.73. The largest absolute Gasteiger partial charge is 0.347 e. The third-order valence-corrected chi connectivity index (χ3v) is 6.08. The first-order valence-corrected chi connectivity index (χ1v) is 9.40. The van der Waals surface area contributed by atoms with E-state index in [1.54, 1.807) is 0 Å². The molecule has 2 amide bonds. The number of amides is 2. The lowest BCUT2D eigenvalue weighted by Crippen LogP contribution is -2.50. The smallest absolute Gasteiger partial charge is 0.241 e. The number of piperidine rings is 1. The summed E-state index contributed by atoms with van der Waals surface area (Å²) in [5.41, 5.74) is 0. The van der Waals surface area contributed by atoms with Crippen LogP contribution in [0.4, 0.5) is 0 Å². The highest BCUT2D eigenvalue weighted by molar-refractivity contribution is 5.84. The van der Waals surface area contributed by atoms with Gasteiger partial charge in [0.05, 0.1) is 6.54 Å². The van der Waals surface area contributed by atoms with Crippen LogP contribution in [-0.2, 0) is 9.59 Å². The van der Waals surface area contributed by atoms with E-state index < -0.39 is 0 Å². The van der Waals surface area contributed by atoms with Gasteiger partial charge in [-0.1, -0.05) is 25.7 Å². The third kappa shape index (κ3) is 4.46. The normalized spacial score (nSPS) is 30.4. The SMILES string of the molecule is CN(C(=O)CNC(=O)CCC1CCCC1)C1CC2CCC(C1)N2. The molecule has 5 nitrogen and oxygen atoms in total. The Bertz CT molecular complexity index is 422. The van der Waals surface area contributed by atoms with E-state index in [2.05, 4.69) is 10.6 Å². The van der Waals surface area contributed by atoms with Crippen molar-refractivity contribution in [2.75, 3.05) is 13.6 Å². The average molecular weight is 321 g/mol. The zero-order chi connectivity index (χ0) is 16.2. The van der Waals surface area contributed by atoms with E-state index in [4.69, 9.17) is 0 Å². The third-order valence-electron chi connectivity index (χ3n) is 6.08. The fourth-order valence-electron chi connectivity index (χ4n) is 4.57. The molecule has 2 bridgehead atoms. The average Bonchev–Trinajstić information content (AvgIpc) is 3.19. The van der Waals surface area contributed by atoms with Crippen LogP contribution >= 0.6 is 0 Å². The van der Waals surface area contributed by atoms with Gasteiger partial charge in [-0.2, -0.15) is 0 Å². The zero-order valence-corrected chi connectivity index (χ0v) is 14.4. The van der Waals surface area contributed by atoms with Crippen LogP contribution in [0.3, 0.4) is 0 Å². The van der Waals surface area contributed by atoms with Gasteiger partial charge in [-0.05, 0) is 38.0 Å². The molecule has 2 heterocycles. The Morgan fingerprint density at radius 1 is 1.09 bits per heavy atom. The molecule has 0 aromatic heterocycles. The van der Waals surface area contributed by atoms with Crippen LogP contribution in [0, 0.1) is 5.92 Å². The van der Waals surface area contributed by atoms with Crippen molar-refractivity contribution in [3.05, 3.63) is 0 Å². The van der Waals surface area contributed by atoms with Crippen LogP contribution in [0.15, 0.2) is 0 Å². The molecular weight excluding hydrogens is 290 g/mol. The van der Waals surface area contributed by atoms with E-state index in [-0.39, 0.29) is 18.4 Å². The van der Waals surface area contributed by atoms with E-state index in [0.29, 0.717) is 24.5 Å². The van der Waals surface area contributed by atoms with E-state index in [1.807, 2.05) is 11.9 Å². The molecule has 3 fully saturated rings. The highest BCUT2D eigenvalue weighted by Crippen LogP contribution is 2.29. The number of nitrogens with one attached hydrogen (secondary N) is 2. The summed E-state index contributed by atoms with van der Waals surface area (Å²) in [7, 11) is 1.89. The van der Waals surface area contributed by atoms with Gasteiger partial charge in [0.1, 0.15) is 0 Å². The van der Waals surface area contributed by atoms with E-state index >= 15 is 0 Å². The van der Waals surface area contributed by atoms with Crippen molar-refractivity contribution in [2.45, 2.75) is 82.3 Å². The predicted octanol–water partition coefficient (Wildman–Crippen LogP) is 1.81. The van der Waals surface area contributed by atoms with Gasteiger partial charge < -0.3 is 15.5 Å². The molecule has 2 atom stereocenters. The maximum absolute atomic E-state index is 12.3. The van der Waals surface area contributed by atoms with E-state index in [1.165, 1.54) is 38.5 Å². The Morgan fingerprint density at radius 2 is 1.74 bits per heavy atom. The molecule has 3 rings (SSSR count). The molecule has 23 heavy (non-hydrogen) atoms. The first kappa shape index (κ1) is 16.7. The maximum Gasteiger partial charge on any atom is 0.241 e. The van der Waals surface area contributed by atoms with Crippen molar-refractivity contribution < 1.29 is 9.59 Å². The molecule has 0 aromatic carbocycles. The fraction of sp³-hybridized carbons (Fsp3) is 0.889. The van der Waals surface area contributed by atoms with Gasteiger partial charge in [-0.25, -0.2) is 0 Å². The van der Waals surface area contributed by atoms with Crippen molar-refractivity contribution in [1.82, 2.24) is 15.5 Å². The first-order chi connectivity index (χ1) is 11.1. The zero-order valence-electron chi connectivity index (χ0n) is 14.4. The summed E-state index contributed by atoms with van der Waals surface area (Å²) in [4.78, 5) is 26.1. The topological polar surface area (TPSA) is 61.4 Å². The van der Waals surface area contributed by atoms with E-state index in [0.717, 1.165) is 25.2 Å². The Balaban J connectivity index is 1.35. The van der Waals surface area contributed by atoms with Crippen LogP contribution in [0.1, 0.15) is 64.2 Å². The Morgan fingerprint density at radius 3 is 2.39 bits per heavy atom. The second-order valence-electron chi connectivity index (χ2n) is 7.73. The molecule has 3 aliphatic rings. The molecule has 0 aromatic rings. The van der Waals surface area contributed by atoms with Crippen LogP contribution in [-0.4, -0.2) is 48.4 Å². The first-order valence-electron chi connectivity index (χ1n) is 9.40. The Hall–Kier alpha value is -1.10. The second kappa shape index (κ2) is 7.65. The Kier molecular flexibility index (Phi) is 5.57. The molecular formula is C18H31N3O2. The van der Waals surface area contributed by atoms with Gasteiger partial charge in [0, 0.05) is 31.6 Å². The van der Waals surface area contributed by atoms with Gasteiger partial charge in [0.2, 0.25) is 11.8 Å². The summed E-state index contributed by atoms with van der Waals surface area (Å²) in [5.74, 6) is 0.805. The number of rotatable bonds is 6. The molecule has 1 aliphatic carbocycles. The van der Waals surface area contributed by atoms with Crippen LogP contribution in [0.5, 0.6) is 0 Å². The number of fused-ring (bicyclic) bond motifs is 2. The van der Waals surface area contributed by atoms with Crippen LogP contribution in [0.2, 0.25) is 0 Å². The van der Waals surface area contributed by atoms with Crippen molar-refractivity contribution >= 4 is 11.8 Å². The summed E-state index contributed by atoms with van der Waals surface area (Å²) in [5, 5.41) is 6.42. The fourth-order valence-corrected chi connectivity index (χ4v) is 4.57. The van der Waals surface area contributed by atoms with E-state index in [9.17, 15) is 9.59 Å². The van der Waals surface area contributed by atoms with Gasteiger partial charge in [-0.15, -0.1) is 0 Å². The van der Waals surface area contributed by atoms with Crippen molar-refractivity contribution in [1.29, 1.82) is 0 Å².